The summed E-state index contributed by atoms with van der Waals surface area (Å²) in [5.41, 5.74) is 2.43. The van der Waals surface area contributed by atoms with Gasteiger partial charge >= 0.3 is 0 Å². The largest absolute Gasteiger partial charge is 0.381 e. The van der Waals surface area contributed by atoms with Gasteiger partial charge in [0.05, 0.1) is 13.2 Å². The van der Waals surface area contributed by atoms with E-state index in [1.807, 2.05) is 0 Å². The summed E-state index contributed by atoms with van der Waals surface area (Å²) < 4.78 is 11.1. The van der Waals surface area contributed by atoms with Gasteiger partial charge in [0.15, 0.2) is 5.96 Å². The van der Waals surface area contributed by atoms with Crippen molar-refractivity contribution in [1.82, 2.24) is 10.6 Å². The van der Waals surface area contributed by atoms with Crippen molar-refractivity contribution in [3.63, 3.8) is 0 Å². The van der Waals surface area contributed by atoms with Crippen molar-refractivity contribution in [3.05, 3.63) is 29.8 Å². The van der Waals surface area contributed by atoms with Gasteiger partial charge < -0.3 is 25.0 Å². The molecular formula is C19H32N4O2. The van der Waals surface area contributed by atoms with Crippen molar-refractivity contribution in [2.45, 2.75) is 19.4 Å². The van der Waals surface area contributed by atoms with E-state index in [1.54, 1.807) is 7.05 Å². The SMILES string of the molecule is CN=C(NCCCOCC1CCOC1)NCc1cccc(N(C)C)c1. The maximum Gasteiger partial charge on any atom is 0.191 e. The van der Waals surface area contributed by atoms with Crippen LogP contribution in [-0.4, -0.2) is 60.1 Å². The number of hydrogen-bond donors (Lipinski definition) is 2. The summed E-state index contributed by atoms with van der Waals surface area (Å²) in [6, 6.07) is 8.48. The topological polar surface area (TPSA) is 58.1 Å². The molecule has 0 radical (unpaired) electrons. The molecule has 1 aromatic carbocycles. The average Bonchev–Trinajstić information content (AvgIpc) is 3.14. The summed E-state index contributed by atoms with van der Waals surface area (Å²) >= 11 is 0. The van der Waals surface area contributed by atoms with Crippen LogP contribution in [0.1, 0.15) is 18.4 Å². The first-order valence-electron chi connectivity index (χ1n) is 9.05. The number of ether oxygens (including phenoxy) is 2. The highest BCUT2D eigenvalue weighted by molar-refractivity contribution is 5.79. The number of nitrogens with one attached hydrogen (secondary N) is 2. The van der Waals surface area contributed by atoms with Crippen LogP contribution >= 0.6 is 0 Å². The van der Waals surface area contributed by atoms with Gasteiger partial charge in [-0.2, -0.15) is 0 Å². The summed E-state index contributed by atoms with van der Waals surface area (Å²) in [5.74, 6) is 1.40. The zero-order valence-electron chi connectivity index (χ0n) is 15.8. The molecule has 0 aromatic heterocycles. The molecule has 2 rings (SSSR count). The Kier molecular flexibility index (Phi) is 8.55. The van der Waals surface area contributed by atoms with Crippen LogP contribution in [0.4, 0.5) is 5.69 Å². The van der Waals surface area contributed by atoms with Crippen LogP contribution < -0.4 is 15.5 Å². The molecule has 0 saturated carbocycles. The van der Waals surface area contributed by atoms with Crippen LogP contribution in [0.5, 0.6) is 0 Å². The van der Waals surface area contributed by atoms with E-state index in [4.69, 9.17) is 9.47 Å². The molecule has 140 valence electrons. The standard InChI is InChI=1S/C19H32N4O2/c1-20-19(21-9-5-10-24-14-17-8-11-25-15-17)22-13-16-6-4-7-18(12-16)23(2)3/h4,6-7,12,17H,5,8-11,13-15H2,1-3H3,(H2,20,21,22). The molecule has 0 bridgehead atoms. The zero-order chi connectivity index (χ0) is 17.9. The van der Waals surface area contributed by atoms with Crippen molar-refractivity contribution in [3.8, 4) is 0 Å². The van der Waals surface area contributed by atoms with E-state index in [0.717, 1.165) is 58.3 Å². The summed E-state index contributed by atoms with van der Waals surface area (Å²) in [6.07, 6.45) is 2.09. The third kappa shape index (κ3) is 7.32. The quantitative estimate of drug-likeness (QED) is 0.405. The smallest absolute Gasteiger partial charge is 0.191 e. The molecule has 1 unspecified atom stereocenters. The third-order valence-electron chi connectivity index (χ3n) is 4.25. The highest BCUT2D eigenvalue weighted by atomic mass is 16.5. The van der Waals surface area contributed by atoms with E-state index < -0.39 is 0 Å². The molecule has 2 N–H and O–H groups in total. The second-order valence-electron chi connectivity index (χ2n) is 6.57. The molecule has 0 spiro atoms. The minimum Gasteiger partial charge on any atom is -0.381 e. The molecule has 1 heterocycles. The van der Waals surface area contributed by atoms with Gasteiger partial charge in [-0.1, -0.05) is 12.1 Å². The Labute approximate surface area is 151 Å². The number of hydrogen-bond acceptors (Lipinski definition) is 4. The Bertz CT molecular complexity index is 528. The van der Waals surface area contributed by atoms with E-state index in [-0.39, 0.29) is 0 Å². The molecule has 0 aliphatic carbocycles. The van der Waals surface area contributed by atoms with Crippen molar-refractivity contribution in [2.75, 3.05) is 59.0 Å². The maximum atomic E-state index is 5.71. The van der Waals surface area contributed by atoms with Gasteiger partial charge in [0.25, 0.3) is 0 Å². The molecule has 1 atom stereocenters. The second-order valence-corrected chi connectivity index (χ2v) is 6.57. The molecule has 1 saturated heterocycles. The molecule has 1 fully saturated rings. The first-order valence-corrected chi connectivity index (χ1v) is 9.05. The van der Waals surface area contributed by atoms with Crippen LogP contribution in [0.2, 0.25) is 0 Å². The number of rotatable bonds is 9. The Morgan fingerprint density at radius 2 is 2.24 bits per heavy atom. The minimum absolute atomic E-state index is 0.584. The van der Waals surface area contributed by atoms with Gasteiger partial charge in [-0.25, -0.2) is 0 Å². The minimum atomic E-state index is 0.584. The molecule has 1 aliphatic rings. The van der Waals surface area contributed by atoms with Gasteiger partial charge in [0, 0.05) is 59.1 Å². The summed E-state index contributed by atoms with van der Waals surface area (Å²) in [5, 5.41) is 6.68. The molecule has 25 heavy (non-hydrogen) atoms. The van der Waals surface area contributed by atoms with E-state index in [1.165, 1.54) is 11.3 Å². The van der Waals surface area contributed by atoms with Crippen LogP contribution in [0.3, 0.4) is 0 Å². The Morgan fingerprint density at radius 1 is 1.36 bits per heavy atom. The summed E-state index contributed by atoms with van der Waals surface area (Å²) in [6.45, 7) is 4.91. The number of aliphatic imine (C=N–C) groups is 1. The van der Waals surface area contributed by atoms with Crippen molar-refractivity contribution < 1.29 is 9.47 Å². The zero-order valence-corrected chi connectivity index (χ0v) is 15.8. The fourth-order valence-corrected chi connectivity index (χ4v) is 2.70. The first kappa shape index (κ1) is 19.5. The normalized spacial score (nSPS) is 17.6. The molecule has 1 aromatic rings. The van der Waals surface area contributed by atoms with Gasteiger partial charge in [-0.05, 0) is 30.5 Å². The number of nitrogens with zero attached hydrogens (tertiary/aromatic N) is 2. The van der Waals surface area contributed by atoms with E-state index in [2.05, 4.69) is 58.9 Å². The Morgan fingerprint density at radius 3 is 2.96 bits per heavy atom. The van der Waals surface area contributed by atoms with E-state index >= 15 is 0 Å². The molecule has 6 nitrogen and oxygen atoms in total. The second kappa shape index (κ2) is 10.9. The average molecular weight is 348 g/mol. The molecular weight excluding hydrogens is 316 g/mol. The van der Waals surface area contributed by atoms with Crippen LogP contribution in [0, 0.1) is 5.92 Å². The van der Waals surface area contributed by atoms with Gasteiger partial charge in [-0.15, -0.1) is 0 Å². The number of benzene rings is 1. The maximum absolute atomic E-state index is 5.71. The van der Waals surface area contributed by atoms with Crippen molar-refractivity contribution >= 4 is 11.6 Å². The molecule has 1 aliphatic heterocycles. The predicted octanol–water partition coefficient (Wildman–Crippen LogP) is 1.86. The first-order chi connectivity index (χ1) is 12.2. The Hall–Kier alpha value is -1.79. The lowest BCUT2D eigenvalue weighted by Crippen LogP contribution is -2.37. The van der Waals surface area contributed by atoms with Crippen LogP contribution in [0.15, 0.2) is 29.3 Å². The van der Waals surface area contributed by atoms with Crippen molar-refractivity contribution in [2.24, 2.45) is 10.9 Å². The fraction of sp³-hybridized carbons (Fsp3) is 0.632. The lowest BCUT2D eigenvalue weighted by atomic mass is 10.1. The Balaban J connectivity index is 1.59. The van der Waals surface area contributed by atoms with Crippen LogP contribution in [-0.2, 0) is 16.0 Å². The van der Waals surface area contributed by atoms with E-state index in [9.17, 15) is 0 Å². The van der Waals surface area contributed by atoms with Gasteiger partial charge in [-0.3, -0.25) is 4.99 Å². The lowest BCUT2D eigenvalue weighted by Gasteiger charge is -2.15. The highest BCUT2D eigenvalue weighted by Gasteiger charge is 2.15. The summed E-state index contributed by atoms with van der Waals surface area (Å²) in [7, 11) is 5.89. The van der Waals surface area contributed by atoms with Crippen LogP contribution in [0.25, 0.3) is 0 Å². The third-order valence-corrected chi connectivity index (χ3v) is 4.25. The van der Waals surface area contributed by atoms with E-state index in [0.29, 0.717) is 5.92 Å². The fourth-order valence-electron chi connectivity index (χ4n) is 2.70. The van der Waals surface area contributed by atoms with Gasteiger partial charge in [0.1, 0.15) is 0 Å². The predicted molar refractivity (Wildman–Crippen MR) is 103 cm³/mol. The molecule has 6 heteroatoms. The monoisotopic (exact) mass is 348 g/mol. The number of anilines is 1. The summed E-state index contributed by atoms with van der Waals surface area (Å²) in [4.78, 5) is 6.37. The lowest BCUT2D eigenvalue weighted by molar-refractivity contribution is 0.0888. The van der Waals surface area contributed by atoms with Gasteiger partial charge in [0.2, 0.25) is 0 Å². The highest BCUT2D eigenvalue weighted by Crippen LogP contribution is 2.13. The number of guanidine groups is 1. The molecule has 0 amide bonds. The van der Waals surface area contributed by atoms with Crippen molar-refractivity contribution in [1.29, 1.82) is 0 Å².